The van der Waals surface area contributed by atoms with Crippen LogP contribution >= 0.6 is 0 Å². The second-order valence-electron chi connectivity index (χ2n) is 10.9. The number of halogens is 1. The Labute approximate surface area is 247 Å². The van der Waals surface area contributed by atoms with Crippen molar-refractivity contribution in [2.24, 2.45) is 0 Å². The molecule has 9 heteroatoms. The van der Waals surface area contributed by atoms with Crippen molar-refractivity contribution < 1.29 is 33.0 Å². The summed E-state index contributed by atoms with van der Waals surface area (Å²) < 4.78 is 32.8. The summed E-state index contributed by atoms with van der Waals surface area (Å²) in [5, 5.41) is 0. The van der Waals surface area contributed by atoms with Crippen molar-refractivity contribution in [3.8, 4) is 0 Å². The second kappa shape index (κ2) is 15.1. The Hall–Kier alpha value is -4.24. The first-order chi connectivity index (χ1) is 20.0. The summed E-state index contributed by atoms with van der Waals surface area (Å²) in [5.41, 5.74) is 1.45. The molecule has 0 saturated heterocycles. The maximum absolute atomic E-state index is 16.9. The fourth-order valence-corrected chi connectivity index (χ4v) is 4.20. The Bertz CT molecular complexity index is 1240. The van der Waals surface area contributed by atoms with Gasteiger partial charge >= 0.3 is 12.1 Å². The summed E-state index contributed by atoms with van der Waals surface area (Å²) in [6, 6.07) is 27.6. The number of benzene rings is 3. The standard InChI is InChI=1S/C33H39FN2O6/c1-32(2,3)42-31(39)36(25-40-4)33(34,30(38)41-24-28-18-12-7-13-19-28)21-20-29(37)35(22-26-14-8-5-9-15-26)23-27-16-10-6-11-17-27/h5-19H,20-25H2,1-4H3/t33-/m0/s1. The molecule has 0 saturated carbocycles. The molecular formula is C33H39FN2O6. The van der Waals surface area contributed by atoms with Crippen molar-refractivity contribution in [1.82, 2.24) is 9.80 Å². The summed E-state index contributed by atoms with van der Waals surface area (Å²) in [5.74, 6) is -4.77. The SMILES string of the molecule is COCN(C(=O)OC(C)(C)C)[C@@](F)(CCC(=O)N(Cc1ccccc1)Cc1ccccc1)C(=O)OCc1ccccc1. The van der Waals surface area contributed by atoms with Crippen molar-refractivity contribution in [1.29, 1.82) is 0 Å². The number of ether oxygens (including phenoxy) is 3. The van der Waals surface area contributed by atoms with Gasteiger partial charge in [-0.2, -0.15) is 0 Å². The van der Waals surface area contributed by atoms with Crippen LogP contribution in [-0.2, 0) is 43.5 Å². The van der Waals surface area contributed by atoms with E-state index in [-0.39, 0.29) is 26.1 Å². The molecule has 0 unspecified atom stereocenters. The molecule has 0 radical (unpaired) electrons. The van der Waals surface area contributed by atoms with Gasteiger partial charge in [0.1, 0.15) is 18.9 Å². The van der Waals surface area contributed by atoms with E-state index in [1.54, 1.807) is 56.0 Å². The van der Waals surface area contributed by atoms with Crippen LogP contribution < -0.4 is 0 Å². The zero-order valence-electron chi connectivity index (χ0n) is 24.6. The first kappa shape index (κ1) is 32.3. The highest BCUT2D eigenvalue weighted by molar-refractivity contribution is 5.85. The van der Waals surface area contributed by atoms with Crippen LogP contribution in [0.1, 0.15) is 50.3 Å². The van der Waals surface area contributed by atoms with Crippen molar-refractivity contribution in [3.63, 3.8) is 0 Å². The lowest BCUT2D eigenvalue weighted by Crippen LogP contribution is -2.56. The normalized spacial score (nSPS) is 12.6. The van der Waals surface area contributed by atoms with Crippen LogP contribution in [0.25, 0.3) is 0 Å². The lowest BCUT2D eigenvalue weighted by Gasteiger charge is -2.36. The Balaban J connectivity index is 1.87. The number of hydrogen-bond donors (Lipinski definition) is 0. The molecule has 1 atom stereocenters. The van der Waals surface area contributed by atoms with Crippen molar-refractivity contribution in [2.45, 2.75) is 64.7 Å². The molecule has 3 aromatic carbocycles. The number of nitrogens with zero attached hydrogens (tertiary/aromatic N) is 2. The number of esters is 1. The van der Waals surface area contributed by atoms with Crippen molar-refractivity contribution in [2.75, 3.05) is 13.8 Å². The van der Waals surface area contributed by atoms with E-state index in [0.717, 1.165) is 11.1 Å². The minimum Gasteiger partial charge on any atom is -0.457 e. The smallest absolute Gasteiger partial charge is 0.415 e. The number of amides is 2. The number of hydrogen-bond acceptors (Lipinski definition) is 6. The van der Waals surface area contributed by atoms with Crippen LogP contribution in [0.5, 0.6) is 0 Å². The molecule has 2 amide bonds. The summed E-state index contributed by atoms with van der Waals surface area (Å²) in [6.45, 7) is 4.61. The molecule has 3 rings (SSSR count). The fourth-order valence-electron chi connectivity index (χ4n) is 4.20. The topological polar surface area (TPSA) is 85.4 Å². The monoisotopic (exact) mass is 578 g/mol. The van der Waals surface area contributed by atoms with Gasteiger partial charge in [-0.1, -0.05) is 91.0 Å². The zero-order chi connectivity index (χ0) is 30.6. The molecule has 42 heavy (non-hydrogen) atoms. The van der Waals surface area contributed by atoms with Gasteiger partial charge in [0.2, 0.25) is 5.91 Å². The third-order valence-electron chi connectivity index (χ3n) is 6.28. The maximum atomic E-state index is 16.9. The lowest BCUT2D eigenvalue weighted by atomic mass is 10.1. The fraction of sp³-hybridized carbons (Fsp3) is 0.364. The minimum atomic E-state index is -3.05. The third-order valence-corrected chi connectivity index (χ3v) is 6.28. The molecule has 3 aromatic rings. The van der Waals surface area contributed by atoms with E-state index in [9.17, 15) is 14.4 Å². The molecule has 8 nitrogen and oxygen atoms in total. The molecule has 0 aliphatic rings. The minimum absolute atomic E-state index is 0.220. The summed E-state index contributed by atoms with van der Waals surface area (Å²) in [7, 11) is 1.26. The molecular weight excluding hydrogens is 539 g/mol. The molecule has 224 valence electrons. The second-order valence-corrected chi connectivity index (χ2v) is 10.9. The van der Waals surface area contributed by atoms with E-state index < -0.39 is 42.5 Å². The van der Waals surface area contributed by atoms with Gasteiger partial charge in [0.05, 0.1) is 0 Å². The van der Waals surface area contributed by atoms with E-state index in [1.807, 2.05) is 60.7 Å². The quantitative estimate of drug-likeness (QED) is 0.136. The molecule has 0 fully saturated rings. The van der Waals surface area contributed by atoms with Gasteiger partial charge in [0.15, 0.2) is 0 Å². The molecule has 0 aliphatic heterocycles. The highest BCUT2D eigenvalue weighted by Crippen LogP contribution is 2.29. The Morgan fingerprint density at radius 3 is 1.69 bits per heavy atom. The van der Waals surface area contributed by atoms with Crippen molar-refractivity contribution in [3.05, 3.63) is 108 Å². The molecule has 0 aromatic heterocycles. The average molecular weight is 579 g/mol. The first-order valence-corrected chi connectivity index (χ1v) is 13.8. The van der Waals surface area contributed by atoms with Crippen LogP contribution in [0.3, 0.4) is 0 Å². The molecule has 0 spiro atoms. The van der Waals surface area contributed by atoms with Crippen LogP contribution in [0.2, 0.25) is 0 Å². The summed E-state index contributed by atoms with van der Waals surface area (Å²) in [4.78, 5) is 42.2. The van der Waals surface area contributed by atoms with Gasteiger partial charge in [-0.15, -0.1) is 0 Å². The number of carbonyl (C=O) groups is 3. The molecule has 0 heterocycles. The highest BCUT2D eigenvalue weighted by Gasteiger charge is 2.50. The van der Waals surface area contributed by atoms with Gasteiger partial charge in [0, 0.05) is 33.0 Å². The van der Waals surface area contributed by atoms with Crippen molar-refractivity contribution >= 4 is 18.0 Å². The molecule has 0 aliphatic carbocycles. The predicted octanol–water partition coefficient (Wildman–Crippen LogP) is 6.25. The average Bonchev–Trinajstić information content (AvgIpc) is 2.97. The number of methoxy groups -OCH3 is 1. The van der Waals surface area contributed by atoms with E-state index >= 15 is 4.39 Å². The van der Waals surface area contributed by atoms with E-state index in [2.05, 4.69) is 0 Å². The van der Waals surface area contributed by atoms with E-state index in [4.69, 9.17) is 14.2 Å². The van der Waals surface area contributed by atoms with Gasteiger partial charge in [-0.05, 0) is 37.5 Å². The zero-order valence-corrected chi connectivity index (χ0v) is 24.6. The maximum Gasteiger partial charge on any atom is 0.415 e. The number of rotatable bonds is 13. The Morgan fingerprint density at radius 2 is 1.24 bits per heavy atom. The van der Waals surface area contributed by atoms with E-state index in [0.29, 0.717) is 10.5 Å². The van der Waals surface area contributed by atoms with Gasteiger partial charge in [0.25, 0.3) is 5.79 Å². The predicted molar refractivity (Wildman–Crippen MR) is 156 cm³/mol. The highest BCUT2D eigenvalue weighted by atomic mass is 19.1. The van der Waals surface area contributed by atoms with Gasteiger partial charge in [-0.25, -0.2) is 18.9 Å². The van der Waals surface area contributed by atoms with E-state index in [1.165, 1.54) is 7.11 Å². The molecule has 0 N–H and O–H groups in total. The lowest BCUT2D eigenvalue weighted by molar-refractivity contribution is -0.181. The van der Waals surface area contributed by atoms with Crippen LogP contribution in [0.15, 0.2) is 91.0 Å². The largest absolute Gasteiger partial charge is 0.457 e. The van der Waals surface area contributed by atoms with Gasteiger partial charge < -0.3 is 19.1 Å². The van der Waals surface area contributed by atoms with Crippen LogP contribution in [0, 0.1) is 0 Å². The van der Waals surface area contributed by atoms with Crippen LogP contribution in [-0.4, -0.2) is 53.0 Å². The number of alkyl halides is 1. The van der Waals surface area contributed by atoms with Crippen LogP contribution in [0.4, 0.5) is 9.18 Å². The summed E-state index contributed by atoms with van der Waals surface area (Å²) in [6.07, 6.45) is -2.16. The molecule has 0 bridgehead atoms. The van der Waals surface area contributed by atoms with Gasteiger partial charge in [-0.3, -0.25) is 4.79 Å². The third kappa shape index (κ3) is 9.69. The Morgan fingerprint density at radius 1 is 0.762 bits per heavy atom. The Kier molecular flexibility index (Phi) is 11.6. The number of carbonyl (C=O) groups excluding carboxylic acids is 3. The summed E-state index contributed by atoms with van der Waals surface area (Å²) >= 11 is 0. The first-order valence-electron chi connectivity index (χ1n) is 13.8.